The fourth-order valence-corrected chi connectivity index (χ4v) is 2.74. The van der Waals surface area contributed by atoms with Crippen LogP contribution in [0.1, 0.15) is 23.2 Å². The van der Waals surface area contributed by atoms with E-state index in [1.165, 1.54) is 6.20 Å². The lowest BCUT2D eigenvalue weighted by Gasteiger charge is -2.35. The first-order chi connectivity index (χ1) is 8.27. The molecule has 0 spiro atoms. The molecule has 0 saturated carbocycles. The van der Waals surface area contributed by atoms with Crippen LogP contribution in [0.4, 0.5) is 0 Å². The maximum Gasteiger partial charge on any atom is 0.257 e. The van der Waals surface area contributed by atoms with Gasteiger partial charge >= 0.3 is 0 Å². The first kappa shape index (κ1) is 10.3. The molecule has 2 aliphatic rings. The number of aromatic nitrogens is 2. The third-order valence-electron chi connectivity index (χ3n) is 3.61. The molecule has 2 aliphatic heterocycles. The number of H-pyrrole nitrogens is 1. The molecular formula is C11H14N4O2. The summed E-state index contributed by atoms with van der Waals surface area (Å²) in [4.78, 5) is 25.6. The van der Waals surface area contributed by atoms with E-state index >= 15 is 0 Å². The summed E-state index contributed by atoms with van der Waals surface area (Å²) in [5.74, 6) is 0.0178. The van der Waals surface area contributed by atoms with Crippen molar-refractivity contribution in [3.8, 4) is 0 Å². The average molecular weight is 234 g/mol. The highest BCUT2D eigenvalue weighted by atomic mass is 16.2. The molecule has 0 bridgehead atoms. The fourth-order valence-electron chi connectivity index (χ4n) is 2.74. The Kier molecular flexibility index (Phi) is 2.35. The van der Waals surface area contributed by atoms with Crippen molar-refractivity contribution >= 4 is 11.8 Å². The molecule has 2 atom stereocenters. The Labute approximate surface area is 98.4 Å². The molecule has 2 N–H and O–H groups in total. The van der Waals surface area contributed by atoms with Crippen LogP contribution in [0, 0.1) is 5.92 Å². The van der Waals surface area contributed by atoms with Crippen LogP contribution in [0.15, 0.2) is 12.4 Å². The number of aromatic amines is 1. The number of hydrogen-bond acceptors (Lipinski definition) is 3. The Bertz CT molecular complexity index is 442. The van der Waals surface area contributed by atoms with Crippen molar-refractivity contribution in [1.29, 1.82) is 0 Å². The van der Waals surface area contributed by atoms with Gasteiger partial charge in [-0.2, -0.15) is 5.10 Å². The van der Waals surface area contributed by atoms with Gasteiger partial charge in [-0.3, -0.25) is 14.7 Å². The lowest BCUT2D eigenvalue weighted by atomic mass is 9.91. The number of hydrogen-bond donors (Lipinski definition) is 2. The molecule has 17 heavy (non-hydrogen) atoms. The van der Waals surface area contributed by atoms with Crippen LogP contribution in [0.2, 0.25) is 0 Å². The third-order valence-corrected chi connectivity index (χ3v) is 3.61. The quantitative estimate of drug-likeness (QED) is 0.704. The van der Waals surface area contributed by atoms with Crippen molar-refractivity contribution < 1.29 is 9.59 Å². The number of likely N-dealkylation sites (tertiary alicyclic amines) is 1. The zero-order chi connectivity index (χ0) is 11.8. The standard InChI is InChI=1S/C11H14N4O2/c16-10-8-2-1-3-15(9(8)6-12-10)11(17)7-4-13-14-5-7/h4-5,8-9H,1-3,6H2,(H,12,16)(H,13,14). The SMILES string of the molecule is O=C1NCC2C1CCCN2C(=O)c1cn[nH]c1. The van der Waals surface area contributed by atoms with Gasteiger partial charge in [-0.05, 0) is 12.8 Å². The molecule has 1 aromatic heterocycles. The molecule has 2 unspecified atom stereocenters. The van der Waals surface area contributed by atoms with E-state index in [0.29, 0.717) is 12.1 Å². The van der Waals surface area contributed by atoms with Gasteiger partial charge in [0.15, 0.2) is 0 Å². The molecule has 1 aromatic rings. The number of carbonyl (C=O) groups excluding carboxylic acids is 2. The van der Waals surface area contributed by atoms with Crippen LogP contribution >= 0.6 is 0 Å². The summed E-state index contributed by atoms with van der Waals surface area (Å²) in [6, 6.07) is 0.0126. The van der Waals surface area contributed by atoms with Crippen molar-refractivity contribution in [2.45, 2.75) is 18.9 Å². The third kappa shape index (κ3) is 1.60. The summed E-state index contributed by atoms with van der Waals surface area (Å²) in [5, 5.41) is 9.26. The van der Waals surface area contributed by atoms with E-state index in [1.807, 2.05) is 0 Å². The van der Waals surface area contributed by atoms with E-state index in [2.05, 4.69) is 15.5 Å². The van der Waals surface area contributed by atoms with E-state index in [9.17, 15) is 9.59 Å². The van der Waals surface area contributed by atoms with Crippen LogP contribution < -0.4 is 5.32 Å². The highest BCUT2D eigenvalue weighted by Crippen LogP contribution is 2.28. The van der Waals surface area contributed by atoms with Crippen LogP contribution in [-0.2, 0) is 4.79 Å². The second-order valence-corrected chi connectivity index (χ2v) is 4.55. The maximum atomic E-state index is 12.2. The van der Waals surface area contributed by atoms with E-state index in [0.717, 1.165) is 19.4 Å². The number of rotatable bonds is 1. The molecule has 2 amide bonds. The van der Waals surface area contributed by atoms with Gasteiger partial charge in [0, 0.05) is 19.3 Å². The summed E-state index contributed by atoms with van der Waals surface area (Å²) in [7, 11) is 0. The summed E-state index contributed by atoms with van der Waals surface area (Å²) in [6.07, 6.45) is 4.89. The molecule has 2 fully saturated rings. The highest BCUT2D eigenvalue weighted by molar-refractivity contribution is 5.95. The molecule has 0 aromatic carbocycles. The van der Waals surface area contributed by atoms with Gasteiger partial charge in [-0.25, -0.2) is 0 Å². The van der Waals surface area contributed by atoms with Gasteiger partial charge in [0.25, 0.3) is 5.91 Å². The van der Waals surface area contributed by atoms with Gasteiger partial charge in [0.2, 0.25) is 5.91 Å². The van der Waals surface area contributed by atoms with Gasteiger partial charge in [-0.15, -0.1) is 0 Å². The smallest absolute Gasteiger partial charge is 0.257 e. The van der Waals surface area contributed by atoms with Crippen molar-refractivity contribution in [2.24, 2.45) is 5.92 Å². The van der Waals surface area contributed by atoms with E-state index in [-0.39, 0.29) is 23.8 Å². The monoisotopic (exact) mass is 234 g/mol. The minimum atomic E-state index is -0.0371. The summed E-state index contributed by atoms with van der Waals surface area (Å²) in [5.41, 5.74) is 0.560. The molecule has 0 radical (unpaired) electrons. The zero-order valence-electron chi connectivity index (χ0n) is 9.35. The van der Waals surface area contributed by atoms with Crippen LogP contribution in [0.25, 0.3) is 0 Å². The summed E-state index contributed by atoms with van der Waals surface area (Å²) in [6.45, 7) is 1.30. The molecule has 0 aliphatic carbocycles. The van der Waals surface area contributed by atoms with Crippen LogP contribution in [0.3, 0.4) is 0 Å². The Morgan fingerprint density at radius 2 is 2.41 bits per heavy atom. The molecule has 3 rings (SSSR count). The first-order valence-electron chi connectivity index (χ1n) is 5.85. The van der Waals surface area contributed by atoms with Crippen molar-refractivity contribution in [3.63, 3.8) is 0 Å². The molecule has 6 heteroatoms. The minimum absolute atomic E-state index is 0.0126. The van der Waals surface area contributed by atoms with Crippen molar-refractivity contribution in [2.75, 3.05) is 13.1 Å². The van der Waals surface area contributed by atoms with E-state index < -0.39 is 0 Å². The number of carbonyl (C=O) groups is 2. The molecule has 3 heterocycles. The maximum absolute atomic E-state index is 12.2. The zero-order valence-corrected chi connectivity index (χ0v) is 9.35. The van der Waals surface area contributed by atoms with Crippen LogP contribution in [0.5, 0.6) is 0 Å². The second-order valence-electron chi connectivity index (χ2n) is 4.55. The van der Waals surface area contributed by atoms with Gasteiger partial charge in [0.05, 0.1) is 23.7 Å². The molecule has 2 saturated heterocycles. The summed E-state index contributed by atoms with van der Waals surface area (Å²) >= 11 is 0. The normalized spacial score (nSPS) is 27.8. The number of piperidine rings is 1. The predicted octanol–water partition coefficient (Wildman–Crippen LogP) is -0.240. The highest BCUT2D eigenvalue weighted by Gasteiger charge is 2.42. The number of nitrogens with one attached hydrogen (secondary N) is 2. The number of amides is 2. The summed E-state index contributed by atoms with van der Waals surface area (Å²) < 4.78 is 0. The van der Waals surface area contributed by atoms with E-state index in [4.69, 9.17) is 0 Å². The lowest BCUT2D eigenvalue weighted by molar-refractivity contribution is -0.123. The Morgan fingerprint density at radius 3 is 3.18 bits per heavy atom. The number of nitrogens with zero attached hydrogens (tertiary/aromatic N) is 2. The Hall–Kier alpha value is -1.85. The van der Waals surface area contributed by atoms with Gasteiger partial charge < -0.3 is 10.2 Å². The van der Waals surface area contributed by atoms with Gasteiger partial charge in [0.1, 0.15) is 0 Å². The Morgan fingerprint density at radius 1 is 1.53 bits per heavy atom. The minimum Gasteiger partial charge on any atom is -0.354 e. The largest absolute Gasteiger partial charge is 0.354 e. The number of fused-ring (bicyclic) bond motifs is 1. The lowest BCUT2D eigenvalue weighted by Crippen LogP contribution is -2.48. The topological polar surface area (TPSA) is 78.1 Å². The molecule has 6 nitrogen and oxygen atoms in total. The molecule has 90 valence electrons. The molecular weight excluding hydrogens is 220 g/mol. The van der Waals surface area contributed by atoms with Crippen molar-refractivity contribution in [1.82, 2.24) is 20.4 Å². The average Bonchev–Trinajstić information content (AvgIpc) is 2.98. The van der Waals surface area contributed by atoms with Crippen molar-refractivity contribution in [3.05, 3.63) is 18.0 Å². The predicted molar refractivity (Wildman–Crippen MR) is 59.1 cm³/mol. The van der Waals surface area contributed by atoms with Gasteiger partial charge in [-0.1, -0.05) is 0 Å². The fraction of sp³-hybridized carbons (Fsp3) is 0.545. The van der Waals surface area contributed by atoms with E-state index in [1.54, 1.807) is 11.1 Å². The Balaban J connectivity index is 1.83. The second kappa shape index (κ2) is 3.87. The first-order valence-corrected chi connectivity index (χ1v) is 5.85. The van der Waals surface area contributed by atoms with Crippen LogP contribution in [-0.4, -0.2) is 46.0 Å².